The van der Waals surface area contributed by atoms with Crippen molar-refractivity contribution in [1.29, 1.82) is 0 Å². The van der Waals surface area contributed by atoms with Crippen LogP contribution in [0.5, 0.6) is 0 Å². The van der Waals surface area contributed by atoms with E-state index in [9.17, 15) is 18.0 Å². The van der Waals surface area contributed by atoms with Crippen LogP contribution in [0.15, 0.2) is 18.2 Å². The van der Waals surface area contributed by atoms with Crippen LogP contribution in [0.4, 0.5) is 13.2 Å². The molecule has 1 aliphatic heterocycles. The maximum absolute atomic E-state index is 12.8. The molecule has 18 heavy (non-hydrogen) atoms. The van der Waals surface area contributed by atoms with E-state index < -0.39 is 23.2 Å². The summed E-state index contributed by atoms with van der Waals surface area (Å²) in [6.07, 6.45) is -4.55. The largest absolute Gasteiger partial charge is 0.417 e. The summed E-state index contributed by atoms with van der Waals surface area (Å²) in [7, 11) is 0. The molecule has 0 aromatic heterocycles. The molecule has 1 heterocycles. The Labute approximate surface area is 102 Å². The second-order valence-corrected chi connectivity index (χ2v) is 3.86. The second kappa shape index (κ2) is 4.97. The summed E-state index contributed by atoms with van der Waals surface area (Å²) in [5.74, 6) is -0.647. The van der Waals surface area contributed by atoms with Crippen LogP contribution in [-0.2, 0) is 10.9 Å². The lowest BCUT2D eigenvalue weighted by Gasteiger charge is -2.27. The minimum Gasteiger partial charge on any atom is -0.378 e. The van der Waals surface area contributed by atoms with Crippen molar-refractivity contribution < 1.29 is 22.7 Å². The van der Waals surface area contributed by atoms with Gasteiger partial charge in [-0.3, -0.25) is 4.79 Å². The van der Waals surface area contributed by atoms with Crippen molar-refractivity contribution in [2.24, 2.45) is 0 Å². The van der Waals surface area contributed by atoms with Gasteiger partial charge in [0.25, 0.3) is 5.91 Å². The lowest BCUT2D eigenvalue weighted by atomic mass is 10.1. The molecule has 0 aliphatic carbocycles. The van der Waals surface area contributed by atoms with Crippen molar-refractivity contribution in [3.63, 3.8) is 0 Å². The monoisotopic (exact) mass is 258 g/mol. The Balaban J connectivity index is 2.30. The van der Waals surface area contributed by atoms with E-state index in [1.807, 2.05) is 0 Å². The SMILES string of the molecule is O=C(c1[c]cccc1C(F)(F)F)N1CCOCC1. The smallest absolute Gasteiger partial charge is 0.378 e. The number of rotatable bonds is 1. The van der Waals surface area contributed by atoms with Gasteiger partial charge in [-0.05, 0) is 12.1 Å². The number of carbonyl (C=O) groups is 1. The number of carbonyl (C=O) groups excluding carboxylic acids is 1. The van der Waals surface area contributed by atoms with Crippen LogP contribution >= 0.6 is 0 Å². The average molecular weight is 258 g/mol. The van der Waals surface area contributed by atoms with Crippen molar-refractivity contribution in [2.45, 2.75) is 6.18 Å². The first-order valence-corrected chi connectivity index (χ1v) is 5.45. The summed E-state index contributed by atoms with van der Waals surface area (Å²) in [4.78, 5) is 13.4. The van der Waals surface area contributed by atoms with Crippen molar-refractivity contribution in [1.82, 2.24) is 4.90 Å². The first kappa shape index (κ1) is 12.9. The van der Waals surface area contributed by atoms with Gasteiger partial charge in [-0.15, -0.1) is 0 Å². The molecule has 1 aromatic rings. The van der Waals surface area contributed by atoms with E-state index in [1.54, 1.807) is 0 Å². The van der Waals surface area contributed by atoms with Gasteiger partial charge in [0.15, 0.2) is 0 Å². The highest BCUT2D eigenvalue weighted by Gasteiger charge is 2.36. The van der Waals surface area contributed by atoms with Crippen LogP contribution < -0.4 is 0 Å². The van der Waals surface area contributed by atoms with Gasteiger partial charge >= 0.3 is 6.18 Å². The summed E-state index contributed by atoms with van der Waals surface area (Å²) in [5, 5.41) is 0. The zero-order chi connectivity index (χ0) is 13.2. The molecule has 2 rings (SSSR count). The van der Waals surface area contributed by atoms with Crippen LogP contribution in [0, 0.1) is 6.07 Å². The zero-order valence-electron chi connectivity index (χ0n) is 9.46. The Bertz CT molecular complexity index is 439. The molecule has 0 atom stereocenters. The Morgan fingerprint density at radius 2 is 2.00 bits per heavy atom. The molecule has 97 valence electrons. The van der Waals surface area contributed by atoms with E-state index in [-0.39, 0.29) is 0 Å². The van der Waals surface area contributed by atoms with Gasteiger partial charge in [0, 0.05) is 13.1 Å². The molecule has 6 heteroatoms. The van der Waals surface area contributed by atoms with Crippen molar-refractivity contribution in [3.05, 3.63) is 35.4 Å². The molecule has 0 N–H and O–H groups in total. The minimum absolute atomic E-state index is 0.304. The van der Waals surface area contributed by atoms with Crippen LogP contribution in [-0.4, -0.2) is 37.1 Å². The average Bonchev–Trinajstić information content (AvgIpc) is 2.38. The van der Waals surface area contributed by atoms with E-state index in [1.165, 1.54) is 17.0 Å². The fourth-order valence-corrected chi connectivity index (χ4v) is 1.77. The van der Waals surface area contributed by atoms with E-state index >= 15 is 0 Å². The third kappa shape index (κ3) is 2.64. The highest BCUT2D eigenvalue weighted by Crippen LogP contribution is 2.32. The molecule has 1 aliphatic rings. The van der Waals surface area contributed by atoms with Crippen LogP contribution in [0.25, 0.3) is 0 Å². The quantitative estimate of drug-likeness (QED) is 0.770. The first-order valence-electron chi connectivity index (χ1n) is 5.45. The third-order valence-electron chi connectivity index (χ3n) is 2.67. The fourth-order valence-electron chi connectivity index (χ4n) is 1.77. The molecule has 0 saturated carbocycles. The number of ether oxygens (including phenoxy) is 1. The number of halogens is 3. The number of nitrogens with zero attached hydrogens (tertiary/aromatic N) is 1. The van der Waals surface area contributed by atoms with Crippen LogP contribution in [0.1, 0.15) is 15.9 Å². The maximum atomic E-state index is 12.8. The van der Waals surface area contributed by atoms with Gasteiger partial charge in [-0.1, -0.05) is 12.1 Å². The number of benzene rings is 1. The van der Waals surface area contributed by atoms with E-state index in [0.717, 1.165) is 6.07 Å². The summed E-state index contributed by atoms with van der Waals surface area (Å²) in [5.41, 5.74) is -1.37. The second-order valence-electron chi connectivity index (χ2n) is 3.86. The number of amides is 1. The van der Waals surface area contributed by atoms with E-state index in [4.69, 9.17) is 4.74 Å². The Hall–Kier alpha value is -1.56. The van der Waals surface area contributed by atoms with Gasteiger partial charge in [-0.2, -0.15) is 13.2 Å². The topological polar surface area (TPSA) is 29.5 Å². The van der Waals surface area contributed by atoms with E-state index in [2.05, 4.69) is 6.07 Å². The molecule has 0 spiro atoms. The molecular weight excluding hydrogens is 247 g/mol. The summed E-state index contributed by atoms with van der Waals surface area (Å²) in [6, 6.07) is 5.81. The molecule has 1 fully saturated rings. The third-order valence-corrected chi connectivity index (χ3v) is 2.67. The maximum Gasteiger partial charge on any atom is 0.417 e. The number of hydrogen-bond acceptors (Lipinski definition) is 2. The van der Waals surface area contributed by atoms with Crippen molar-refractivity contribution in [2.75, 3.05) is 26.3 Å². The summed E-state index contributed by atoms with van der Waals surface area (Å²) < 4.78 is 43.3. The van der Waals surface area contributed by atoms with Gasteiger partial charge < -0.3 is 9.64 Å². The minimum atomic E-state index is -4.55. The fraction of sp³-hybridized carbons (Fsp3) is 0.417. The predicted molar refractivity (Wildman–Crippen MR) is 57.0 cm³/mol. The standard InChI is InChI=1S/C12H11F3NO2/c13-12(14,15)10-4-2-1-3-9(10)11(17)16-5-7-18-8-6-16/h1-2,4H,5-8H2. The van der Waals surface area contributed by atoms with Gasteiger partial charge in [-0.25, -0.2) is 0 Å². The van der Waals surface area contributed by atoms with Gasteiger partial charge in [0.1, 0.15) is 0 Å². The normalized spacial score (nSPS) is 16.7. The summed E-state index contributed by atoms with van der Waals surface area (Å²) in [6.45, 7) is 1.30. The van der Waals surface area contributed by atoms with E-state index in [0.29, 0.717) is 26.3 Å². The summed E-state index contributed by atoms with van der Waals surface area (Å²) >= 11 is 0. The van der Waals surface area contributed by atoms with Gasteiger partial charge in [0.05, 0.1) is 24.3 Å². The van der Waals surface area contributed by atoms with Crippen LogP contribution in [0.3, 0.4) is 0 Å². The highest BCUT2D eigenvalue weighted by molar-refractivity contribution is 5.95. The molecule has 1 aromatic carbocycles. The molecular formula is C12H11F3NO2. The predicted octanol–water partition coefficient (Wildman–Crippen LogP) is 1.98. The number of alkyl halides is 3. The Morgan fingerprint density at radius 3 is 2.61 bits per heavy atom. The lowest BCUT2D eigenvalue weighted by molar-refractivity contribution is -0.138. The number of morpholine rings is 1. The van der Waals surface area contributed by atoms with Gasteiger partial charge in [0.2, 0.25) is 0 Å². The molecule has 3 nitrogen and oxygen atoms in total. The zero-order valence-corrected chi connectivity index (χ0v) is 9.46. The lowest BCUT2D eigenvalue weighted by Crippen LogP contribution is -2.41. The van der Waals surface area contributed by atoms with Crippen molar-refractivity contribution >= 4 is 5.91 Å². The molecule has 1 saturated heterocycles. The Morgan fingerprint density at radius 1 is 1.33 bits per heavy atom. The molecule has 1 radical (unpaired) electrons. The molecule has 0 bridgehead atoms. The highest BCUT2D eigenvalue weighted by atomic mass is 19.4. The Kier molecular flexibility index (Phi) is 3.56. The van der Waals surface area contributed by atoms with Crippen molar-refractivity contribution in [3.8, 4) is 0 Å². The first-order chi connectivity index (χ1) is 8.50. The number of hydrogen-bond donors (Lipinski definition) is 0. The van der Waals surface area contributed by atoms with Crippen LogP contribution in [0.2, 0.25) is 0 Å². The molecule has 0 unspecified atom stereocenters. The molecule has 1 amide bonds.